The average Bonchev–Trinajstić information content (AvgIpc) is 3.01. The second-order valence-electron chi connectivity index (χ2n) is 7.10. The van der Waals surface area contributed by atoms with Gasteiger partial charge in [0.2, 0.25) is 5.78 Å². The van der Waals surface area contributed by atoms with Gasteiger partial charge >= 0.3 is 0 Å². The third-order valence-electron chi connectivity index (χ3n) is 5.44. The normalized spacial score (nSPS) is 17.8. The highest BCUT2D eigenvalue weighted by Gasteiger charge is 2.43. The van der Waals surface area contributed by atoms with Crippen LogP contribution in [0, 0.1) is 0 Å². The zero-order valence-electron chi connectivity index (χ0n) is 14.7. The van der Waals surface area contributed by atoms with E-state index < -0.39 is 11.7 Å². The Morgan fingerprint density at radius 2 is 1.67 bits per heavy atom. The molecular weight excluding hydrogens is 385 g/mol. The Hall–Kier alpha value is -1.88. The molecule has 0 N–H and O–H groups in total. The molecule has 0 atom stereocenters. The fourth-order valence-corrected chi connectivity index (χ4v) is 4.26. The average molecular weight is 404 g/mol. The van der Waals surface area contributed by atoms with Crippen molar-refractivity contribution in [1.29, 1.82) is 0 Å². The first-order valence-electron chi connectivity index (χ1n) is 8.96. The summed E-state index contributed by atoms with van der Waals surface area (Å²) in [6.07, 6.45) is 1.46. The number of ether oxygens (including phenoxy) is 1. The number of ketones is 1. The van der Waals surface area contributed by atoms with Gasteiger partial charge in [-0.15, -0.1) is 0 Å². The van der Waals surface area contributed by atoms with E-state index in [9.17, 15) is 9.59 Å². The van der Waals surface area contributed by atoms with Crippen molar-refractivity contribution in [1.82, 2.24) is 4.90 Å². The van der Waals surface area contributed by atoms with Crippen molar-refractivity contribution in [3.63, 3.8) is 0 Å². The van der Waals surface area contributed by atoms with Crippen molar-refractivity contribution < 1.29 is 14.3 Å². The number of nitrogens with zero attached hydrogens (tertiary/aromatic N) is 1. The second kappa shape index (κ2) is 7.27. The fraction of sp³-hybridized carbons (Fsp3) is 0.333. The number of piperidine rings is 1. The van der Waals surface area contributed by atoms with Gasteiger partial charge < -0.3 is 9.64 Å². The quantitative estimate of drug-likeness (QED) is 0.722. The van der Waals surface area contributed by atoms with Gasteiger partial charge in [-0.2, -0.15) is 0 Å². The summed E-state index contributed by atoms with van der Waals surface area (Å²) < 4.78 is 6.11. The summed E-state index contributed by atoms with van der Waals surface area (Å²) in [6, 6.07) is 12.8. The van der Waals surface area contributed by atoms with Crippen LogP contribution in [0.3, 0.4) is 0 Å². The van der Waals surface area contributed by atoms with E-state index in [0.717, 1.165) is 16.7 Å². The van der Waals surface area contributed by atoms with Gasteiger partial charge in [-0.1, -0.05) is 41.4 Å². The number of carbonyl (C=O) groups is 2. The van der Waals surface area contributed by atoms with E-state index in [2.05, 4.69) is 0 Å². The Balaban J connectivity index is 1.40. The number of hydrogen-bond donors (Lipinski definition) is 0. The largest absolute Gasteiger partial charge is 0.365 e. The highest BCUT2D eigenvalue weighted by molar-refractivity contribution is 6.36. The van der Waals surface area contributed by atoms with E-state index >= 15 is 0 Å². The van der Waals surface area contributed by atoms with Crippen molar-refractivity contribution in [2.45, 2.75) is 31.5 Å². The zero-order valence-corrected chi connectivity index (χ0v) is 16.2. The van der Waals surface area contributed by atoms with Gasteiger partial charge in [0.25, 0.3) is 5.91 Å². The van der Waals surface area contributed by atoms with Crippen LogP contribution in [0.2, 0.25) is 10.0 Å². The lowest BCUT2D eigenvalue weighted by Gasteiger charge is -2.39. The molecule has 0 aliphatic carbocycles. The molecule has 2 aliphatic rings. The van der Waals surface area contributed by atoms with Crippen molar-refractivity contribution in [3.8, 4) is 0 Å². The maximum Gasteiger partial charge on any atom is 0.290 e. The molecule has 0 unspecified atom stereocenters. The van der Waals surface area contributed by atoms with Gasteiger partial charge in [-0.3, -0.25) is 9.59 Å². The van der Waals surface area contributed by atoms with E-state index in [0.29, 0.717) is 42.6 Å². The lowest BCUT2D eigenvalue weighted by molar-refractivity contribution is -0.148. The molecule has 1 saturated heterocycles. The van der Waals surface area contributed by atoms with Crippen molar-refractivity contribution >= 4 is 34.9 Å². The highest BCUT2D eigenvalue weighted by atomic mass is 35.5. The van der Waals surface area contributed by atoms with Gasteiger partial charge in [0.1, 0.15) is 0 Å². The molecule has 0 aromatic heterocycles. The number of likely N-dealkylation sites (tertiary alicyclic amines) is 1. The molecule has 27 heavy (non-hydrogen) atoms. The van der Waals surface area contributed by atoms with Crippen molar-refractivity contribution in [3.05, 3.63) is 69.2 Å². The Bertz CT molecular complexity index is 887. The molecule has 1 spiro atoms. The van der Waals surface area contributed by atoms with E-state index in [1.165, 1.54) is 0 Å². The molecule has 4 nitrogen and oxygen atoms in total. The molecule has 4 rings (SSSR count). The Morgan fingerprint density at radius 3 is 2.37 bits per heavy atom. The second-order valence-corrected chi connectivity index (χ2v) is 7.98. The molecule has 0 radical (unpaired) electrons. The number of fused-ring (bicyclic) bond motifs is 2. The first-order valence-corrected chi connectivity index (χ1v) is 9.72. The maximum absolute atomic E-state index is 12.6. The topological polar surface area (TPSA) is 46.6 Å². The van der Waals surface area contributed by atoms with Gasteiger partial charge in [0.15, 0.2) is 0 Å². The van der Waals surface area contributed by atoms with E-state index in [1.54, 1.807) is 29.2 Å². The smallest absolute Gasteiger partial charge is 0.290 e. The molecule has 2 aliphatic heterocycles. The highest BCUT2D eigenvalue weighted by Crippen LogP contribution is 2.44. The lowest BCUT2D eigenvalue weighted by Crippen LogP contribution is -2.47. The van der Waals surface area contributed by atoms with Gasteiger partial charge in [0.05, 0.1) is 12.2 Å². The molecule has 0 bridgehead atoms. The summed E-state index contributed by atoms with van der Waals surface area (Å²) in [4.78, 5) is 26.6. The first-order chi connectivity index (χ1) is 13.0. The summed E-state index contributed by atoms with van der Waals surface area (Å²) in [5.41, 5.74) is 2.69. The summed E-state index contributed by atoms with van der Waals surface area (Å²) in [5, 5.41) is 1.31. The monoisotopic (exact) mass is 403 g/mol. The van der Waals surface area contributed by atoms with Gasteiger partial charge in [-0.25, -0.2) is 0 Å². The lowest BCUT2D eigenvalue weighted by atomic mass is 9.83. The number of amides is 1. The zero-order chi connectivity index (χ0) is 19.0. The number of rotatable bonds is 3. The predicted molar refractivity (Wildman–Crippen MR) is 104 cm³/mol. The number of hydrogen-bond acceptors (Lipinski definition) is 3. The van der Waals surface area contributed by atoms with Crippen LogP contribution in [0.25, 0.3) is 0 Å². The standard InChI is InChI=1S/C21H19Cl2NO3/c22-16-3-1-14(2-4-16)11-19(25)20(26)24-9-7-21(8-10-24)18-6-5-17(23)12-15(18)13-27-21/h1-6,12H,7-11,13H2. The minimum Gasteiger partial charge on any atom is -0.365 e. The Labute approximate surface area is 168 Å². The van der Waals surface area contributed by atoms with Crippen LogP contribution < -0.4 is 0 Å². The van der Waals surface area contributed by atoms with Crippen LogP contribution in [-0.4, -0.2) is 29.7 Å². The van der Waals surface area contributed by atoms with Crippen LogP contribution >= 0.6 is 23.2 Å². The number of carbonyl (C=O) groups excluding carboxylic acids is 2. The van der Waals surface area contributed by atoms with Crippen molar-refractivity contribution in [2.75, 3.05) is 13.1 Å². The van der Waals surface area contributed by atoms with Crippen LogP contribution in [0.1, 0.15) is 29.5 Å². The minimum atomic E-state index is -0.422. The molecule has 2 aromatic rings. The molecule has 6 heteroatoms. The summed E-state index contributed by atoms with van der Waals surface area (Å²) in [5.74, 6) is -0.818. The number of halogens is 2. The molecule has 2 heterocycles. The fourth-order valence-electron chi connectivity index (χ4n) is 3.94. The summed E-state index contributed by atoms with van der Waals surface area (Å²) >= 11 is 11.9. The van der Waals surface area contributed by atoms with Crippen molar-refractivity contribution in [2.24, 2.45) is 0 Å². The van der Waals surface area contributed by atoms with Crippen LogP contribution in [0.15, 0.2) is 42.5 Å². The van der Waals surface area contributed by atoms with E-state index in [4.69, 9.17) is 27.9 Å². The van der Waals surface area contributed by atoms with Crippen LogP contribution in [-0.2, 0) is 33.0 Å². The third-order valence-corrected chi connectivity index (χ3v) is 5.92. The molecular formula is C21H19Cl2NO3. The summed E-state index contributed by atoms with van der Waals surface area (Å²) in [7, 11) is 0. The van der Waals surface area contributed by atoms with Crippen LogP contribution in [0.5, 0.6) is 0 Å². The molecule has 2 aromatic carbocycles. The SMILES string of the molecule is O=C(Cc1ccc(Cl)cc1)C(=O)N1CCC2(CC1)OCc1cc(Cl)ccc12. The Morgan fingerprint density at radius 1 is 1.00 bits per heavy atom. The molecule has 1 fully saturated rings. The predicted octanol–water partition coefficient (Wildman–Crippen LogP) is 4.15. The van der Waals surface area contributed by atoms with E-state index in [1.807, 2.05) is 18.2 Å². The third kappa shape index (κ3) is 3.62. The van der Waals surface area contributed by atoms with Gasteiger partial charge in [0, 0.05) is 29.6 Å². The molecule has 140 valence electrons. The maximum atomic E-state index is 12.6. The number of benzene rings is 2. The molecule has 1 amide bonds. The van der Waals surface area contributed by atoms with Crippen LogP contribution in [0.4, 0.5) is 0 Å². The molecule has 0 saturated carbocycles. The van der Waals surface area contributed by atoms with E-state index in [-0.39, 0.29) is 12.0 Å². The first kappa shape index (κ1) is 18.5. The van der Waals surface area contributed by atoms with Gasteiger partial charge in [-0.05, 0) is 53.8 Å². The minimum absolute atomic E-state index is 0.0927. The Kier molecular flexibility index (Phi) is 4.97. The number of Topliss-reactive ketones (excluding diaryl/α,β-unsaturated/α-hetero) is 1. The summed E-state index contributed by atoms with van der Waals surface area (Å²) in [6.45, 7) is 1.56.